The number of aromatic carboxylic acids is 1. The minimum Gasteiger partial charge on any atom is -0.478 e. The van der Waals surface area contributed by atoms with E-state index in [1.54, 1.807) is 53.2 Å². The van der Waals surface area contributed by atoms with Gasteiger partial charge < -0.3 is 14.9 Å². The zero-order valence-corrected chi connectivity index (χ0v) is 14.5. The summed E-state index contributed by atoms with van der Waals surface area (Å²) in [5, 5.41) is 8.92. The quantitative estimate of drug-likeness (QED) is 0.897. The van der Waals surface area contributed by atoms with Crippen molar-refractivity contribution in [3.63, 3.8) is 0 Å². The van der Waals surface area contributed by atoms with Gasteiger partial charge in [0.15, 0.2) is 0 Å². The molecule has 1 heterocycles. The summed E-state index contributed by atoms with van der Waals surface area (Å²) in [6, 6.07) is 13.5. The lowest BCUT2D eigenvalue weighted by Crippen LogP contribution is -2.26. The van der Waals surface area contributed by atoms with E-state index >= 15 is 0 Å². The monoisotopic (exact) mass is 352 g/mol. The van der Waals surface area contributed by atoms with Crippen LogP contribution in [0.1, 0.15) is 39.1 Å². The van der Waals surface area contributed by atoms with Gasteiger partial charge >= 0.3 is 5.97 Å². The van der Waals surface area contributed by atoms with Crippen LogP contribution in [0.5, 0.6) is 0 Å². The Kier molecular flexibility index (Phi) is 5.02. The average Bonchev–Trinajstić information content (AvgIpc) is 3.07. The van der Waals surface area contributed by atoms with Crippen molar-refractivity contribution in [1.29, 1.82) is 0 Å². The number of carboxylic acids is 1. The zero-order chi connectivity index (χ0) is 18.7. The van der Waals surface area contributed by atoms with Crippen LogP contribution in [-0.4, -0.2) is 41.4 Å². The van der Waals surface area contributed by atoms with Crippen molar-refractivity contribution >= 4 is 23.5 Å². The summed E-state index contributed by atoms with van der Waals surface area (Å²) >= 11 is 0. The van der Waals surface area contributed by atoms with Crippen molar-refractivity contribution < 1.29 is 19.5 Å². The Morgan fingerprint density at radius 3 is 2.19 bits per heavy atom. The highest BCUT2D eigenvalue weighted by molar-refractivity contribution is 5.97. The minimum absolute atomic E-state index is 0.117. The summed E-state index contributed by atoms with van der Waals surface area (Å²) in [6.07, 6.45) is 1.44. The van der Waals surface area contributed by atoms with Gasteiger partial charge in [0.1, 0.15) is 0 Å². The number of benzene rings is 2. The Morgan fingerprint density at radius 1 is 1.04 bits per heavy atom. The predicted octanol–water partition coefficient (Wildman–Crippen LogP) is 2.78. The van der Waals surface area contributed by atoms with Crippen molar-refractivity contribution in [3.8, 4) is 0 Å². The van der Waals surface area contributed by atoms with Crippen LogP contribution in [0.2, 0.25) is 0 Å². The van der Waals surface area contributed by atoms with Crippen LogP contribution in [0.25, 0.3) is 0 Å². The number of carbonyl (C=O) groups excluding carboxylic acids is 2. The second-order valence-electron chi connectivity index (χ2n) is 6.36. The van der Waals surface area contributed by atoms with Crippen molar-refractivity contribution in [3.05, 3.63) is 65.2 Å². The average molecular weight is 352 g/mol. The highest BCUT2D eigenvalue weighted by atomic mass is 16.4. The summed E-state index contributed by atoms with van der Waals surface area (Å²) in [5.74, 6) is -0.991. The van der Waals surface area contributed by atoms with E-state index in [-0.39, 0.29) is 17.4 Å². The van der Waals surface area contributed by atoms with Crippen LogP contribution < -0.4 is 4.90 Å². The van der Waals surface area contributed by atoms with E-state index in [9.17, 15) is 14.4 Å². The maximum atomic E-state index is 12.6. The Balaban J connectivity index is 1.66. The van der Waals surface area contributed by atoms with E-state index in [0.717, 1.165) is 24.2 Å². The molecular formula is C20H20N2O4. The van der Waals surface area contributed by atoms with Gasteiger partial charge in [0.25, 0.3) is 5.91 Å². The summed E-state index contributed by atoms with van der Waals surface area (Å²) in [7, 11) is 1.70. The Morgan fingerprint density at radius 2 is 1.65 bits per heavy atom. The number of rotatable bonds is 5. The normalized spacial score (nSPS) is 13.7. The first kappa shape index (κ1) is 17.7. The summed E-state index contributed by atoms with van der Waals surface area (Å²) in [6.45, 7) is 1.10. The maximum absolute atomic E-state index is 12.6. The molecule has 2 aromatic carbocycles. The van der Waals surface area contributed by atoms with Crippen LogP contribution in [-0.2, 0) is 11.3 Å². The first-order valence-corrected chi connectivity index (χ1v) is 8.44. The molecule has 0 atom stereocenters. The third kappa shape index (κ3) is 3.74. The highest BCUT2D eigenvalue weighted by Gasteiger charge is 2.22. The Labute approximate surface area is 151 Å². The molecule has 0 unspecified atom stereocenters. The molecule has 0 radical (unpaired) electrons. The van der Waals surface area contributed by atoms with Gasteiger partial charge in [-0.05, 0) is 48.4 Å². The van der Waals surface area contributed by atoms with Crippen molar-refractivity contribution in [2.45, 2.75) is 19.4 Å². The maximum Gasteiger partial charge on any atom is 0.335 e. The molecule has 0 aromatic heterocycles. The standard InChI is InChI=1S/C20H20N2O4/c1-21(13-14-4-6-16(7-5-14)20(25)26)19(24)15-8-10-17(11-9-15)22-12-2-3-18(22)23/h4-11H,2-3,12-13H2,1H3,(H,25,26). The fraction of sp³-hybridized carbons (Fsp3) is 0.250. The molecule has 1 fully saturated rings. The largest absolute Gasteiger partial charge is 0.478 e. The molecule has 1 aliphatic heterocycles. The molecule has 2 amide bonds. The molecule has 134 valence electrons. The van der Waals surface area contributed by atoms with Gasteiger partial charge in [0, 0.05) is 37.8 Å². The molecule has 1 aliphatic rings. The molecule has 3 rings (SSSR count). The number of hydrogen-bond donors (Lipinski definition) is 1. The molecule has 0 saturated carbocycles. The van der Waals surface area contributed by atoms with Crippen LogP contribution in [0.15, 0.2) is 48.5 Å². The van der Waals surface area contributed by atoms with Crippen LogP contribution in [0.3, 0.4) is 0 Å². The van der Waals surface area contributed by atoms with Gasteiger partial charge in [-0.25, -0.2) is 4.79 Å². The van der Waals surface area contributed by atoms with E-state index < -0.39 is 5.97 Å². The van der Waals surface area contributed by atoms with E-state index in [1.807, 2.05) is 0 Å². The number of anilines is 1. The topological polar surface area (TPSA) is 77.9 Å². The molecule has 0 aliphatic carbocycles. The van der Waals surface area contributed by atoms with Crippen molar-refractivity contribution in [1.82, 2.24) is 4.90 Å². The van der Waals surface area contributed by atoms with Crippen LogP contribution >= 0.6 is 0 Å². The fourth-order valence-electron chi connectivity index (χ4n) is 3.02. The van der Waals surface area contributed by atoms with Gasteiger partial charge in [-0.15, -0.1) is 0 Å². The lowest BCUT2D eigenvalue weighted by molar-refractivity contribution is -0.117. The molecule has 6 heteroatoms. The minimum atomic E-state index is -0.974. The Hall–Kier alpha value is -3.15. The number of nitrogens with zero attached hydrogens (tertiary/aromatic N) is 2. The first-order valence-electron chi connectivity index (χ1n) is 8.44. The second-order valence-corrected chi connectivity index (χ2v) is 6.36. The molecular weight excluding hydrogens is 332 g/mol. The van der Waals surface area contributed by atoms with Gasteiger partial charge in [-0.2, -0.15) is 0 Å². The molecule has 2 aromatic rings. The summed E-state index contributed by atoms with van der Waals surface area (Å²) < 4.78 is 0. The number of carbonyl (C=O) groups is 3. The number of amides is 2. The van der Waals surface area contributed by atoms with Gasteiger partial charge in [-0.1, -0.05) is 12.1 Å². The molecule has 1 N–H and O–H groups in total. The highest BCUT2D eigenvalue weighted by Crippen LogP contribution is 2.22. The van der Waals surface area contributed by atoms with Crippen LogP contribution in [0.4, 0.5) is 5.69 Å². The summed E-state index contributed by atoms with van der Waals surface area (Å²) in [5.41, 5.74) is 2.43. The fourth-order valence-corrected chi connectivity index (χ4v) is 3.02. The molecule has 0 bridgehead atoms. The van der Waals surface area contributed by atoms with Gasteiger partial charge in [0.05, 0.1) is 5.56 Å². The predicted molar refractivity (Wildman–Crippen MR) is 97.2 cm³/mol. The van der Waals surface area contributed by atoms with E-state index in [4.69, 9.17) is 5.11 Å². The SMILES string of the molecule is CN(Cc1ccc(C(=O)O)cc1)C(=O)c1ccc(N2CCCC2=O)cc1. The van der Waals surface area contributed by atoms with Crippen molar-refractivity contribution in [2.24, 2.45) is 0 Å². The van der Waals surface area contributed by atoms with E-state index in [1.165, 1.54) is 12.1 Å². The third-order valence-corrected chi connectivity index (χ3v) is 4.47. The van der Waals surface area contributed by atoms with E-state index in [0.29, 0.717) is 18.5 Å². The zero-order valence-electron chi connectivity index (χ0n) is 14.5. The number of carboxylic acid groups (broad SMARTS) is 1. The summed E-state index contributed by atoms with van der Waals surface area (Å²) in [4.78, 5) is 38.6. The Bertz CT molecular complexity index is 828. The third-order valence-electron chi connectivity index (χ3n) is 4.47. The lowest BCUT2D eigenvalue weighted by atomic mass is 10.1. The second kappa shape index (κ2) is 7.39. The molecule has 26 heavy (non-hydrogen) atoms. The molecule has 1 saturated heterocycles. The lowest BCUT2D eigenvalue weighted by Gasteiger charge is -2.19. The van der Waals surface area contributed by atoms with Gasteiger partial charge in [0.2, 0.25) is 5.91 Å². The van der Waals surface area contributed by atoms with Gasteiger partial charge in [-0.3, -0.25) is 9.59 Å². The van der Waals surface area contributed by atoms with E-state index in [2.05, 4.69) is 0 Å². The van der Waals surface area contributed by atoms with Crippen molar-refractivity contribution in [2.75, 3.05) is 18.5 Å². The first-order chi connectivity index (χ1) is 12.5. The smallest absolute Gasteiger partial charge is 0.335 e. The number of hydrogen-bond acceptors (Lipinski definition) is 3. The molecule has 6 nitrogen and oxygen atoms in total. The van der Waals surface area contributed by atoms with Crippen LogP contribution in [0, 0.1) is 0 Å². The molecule has 0 spiro atoms.